The van der Waals surface area contributed by atoms with Gasteiger partial charge in [0.2, 0.25) is 0 Å². The molecule has 0 fully saturated rings. The van der Waals surface area contributed by atoms with E-state index in [2.05, 4.69) is 19.9 Å². The zero-order valence-electron chi connectivity index (χ0n) is 8.82. The highest BCUT2D eigenvalue weighted by Gasteiger charge is 2.07. The van der Waals surface area contributed by atoms with E-state index in [1.54, 1.807) is 42.2 Å². The first kappa shape index (κ1) is 10.0. The summed E-state index contributed by atoms with van der Waals surface area (Å²) in [5.74, 6) is 0.665. The second kappa shape index (κ2) is 4.39. The fraction of sp³-hybridized carbons (Fsp3) is 0. The quantitative estimate of drug-likeness (QED) is 0.691. The van der Waals surface area contributed by atoms with E-state index in [-0.39, 0.29) is 0 Å². The van der Waals surface area contributed by atoms with E-state index >= 15 is 0 Å². The lowest BCUT2D eigenvalue weighted by Crippen LogP contribution is -1.86. The van der Waals surface area contributed by atoms with E-state index in [0.29, 0.717) is 5.82 Å². The second-order valence-corrected chi connectivity index (χ2v) is 4.20. The van der Waals surface area contributed by atoms with Crippen LogP contribution in [0, 0.1) is 0 Å². The first-order valence-corrected chi connectivity index (χ1v) is 5.95. The maximum absolute atomic E-state index is 4.52. The molecule has 0 spiro atoms. The van der Waals surface area contributed by atoms with Crippen LogP contribution in [0.15, 0.2) is 48.4 Å². The fourth-order valence-electron chi connectivity index (χ4n) is 1.44. The number of hydrogen-bond donors (Lipinski definition) is 0. The zero-order chi connectivity index (χ0) is 11.5. The molecular formula is C12H8N4S. The average molecular weight is 240 g/mol. The molecular weight excluding hydrogens is 232 g/mol. The number of thiazole rings is 1. The Labute approximate surface area is 102 Å². The molecule has 3 heterocycles. The maximum atomic E-state index is 4.52. The highest BCUT2D eigenvalue weighted by atomic mass is 32.1. The minimum Gasteiger partial charge on any atom is -0.265 e. The summed E-state index contributed by atoms with van der Waals surface area (Å²) in [6.45, 7) is 0. The van der Waals surface area contributed by atoms with Crippen LogP contribution in [0.4, 0.5) is 0 Å². The lowest BCUT2D eigenvalue weighted by atomic mass is 10.2. The molecule has 0 bridgehead atoms. The second-order valence-electron chi connectivity index (χ2n) is 3.35. The van der Waals surface area contributed by atoms with Gasteiger partial charge in [0, 0.05) is 35.7 Å². The van der Waals surface area contributed by atoms with Crippen molar-refractivity contribution in [2.45, 2.75) is 0 Å². The van der Waals surface area contributed by atoms with Crippen molar-refractivity contribution in [3.63, 3.8) is 0 Å². The molecule has 0 amide bonds. The third kappa shape index (κ3) is 2.05. The van der Waals surface area contributed by atoms with Gasteiger partial charge in [-0.25, -0.2) is 15.0 Å². The minimum absolute atomic E-state index is 0.665. The first-order valence-electron chi connectivity index (χ1n) is 5.07. The van der Waals surface area contributed by atoms with E-state index in [4.69, 9.17) is 0 Å². The van der Waals surface area contributed by atoms with Crippen molar-refractivity contribution in [1.82, 2.24) is 19.9 Å². The molecule has 0 N–H and O–H groups in total. The lowest BCUT2D eigenvalue weighted by Gasteiger charge is -1.94. The molecule has 0 aliphatic heterocycles. The normalized spacial score (nSPS) is 10.4. The van der Waals surface area contributed by atoms with Crippen molar-refractivity contribution in [3.8, 4) is 22.1 Å². The Morgan fingerprint density at radius 2 is 1.71 bits per heavy atom. The SMILES string of the molecule is c1cnc(-c2nc(-c3ccncc3)cs2)nc1. The summed E-state index contributed by atoms with van der Waals surface area (Å²) in [7, 11) is 0. The summed E-state index contributed by atoms with van der Waals surface area (Å²) in [6.07, 6.45) is 6.95. The van der Waals surface area contributed by atoms with Gasteiger partial charge >= 0.3 is 0 Å². The van der Waals surface area contributed by atoms with Crippen molar-refractivity contribution in [3.05, 3.63) is 48.4 Å². The van der Waals surface area contributed by atoms with Gasteiger partial charge in [-0.15, -0.1) is 11.3 Å². The van der Waals surface area contributed by atoms with Gasteiger partial charge in [0.05, 0.1) is 5.69 Å². The van der Waals surface area contributed by atoms with E-state index in [1.807, 2.05) is 17.5 Å². The fourth-order valence-corrected chi connectivity index (χ4v) is 2.22. The standard InChI is InChI=1S/C12H8N4S/c1-4-14-11(15-5-1)12-16-10(8-17-12)9-2-6-13-7-3-9/h1-8H. The van der Waals surface area contributed by atoms with Crippen LogP contribution in [0.5, 0.6) is 0 Å². The third-order valence-electron chi connectivity index (χ3n) is 2.24. The average Bonchev–Trinajstić information content (AvgIpc) is 2.90. The number of aromatic nitrogens is 4. The number of nitrogens with zero attached hydrogens (tertiary/aromatic N) is 4. The number of pyridine rings is 1. The molecule has 0 aromatic carbocycles. The van der Waals surface area contributed by atoms with Crippen molar-refractivity contribution < 1.29 is 0 Å². The molecule has 0 saturated heterocycles. The van der Waals surface area contributed by atoms with Crippen LogP contribution < -0.4 is 0 Å². The van der Waals surface area contributed by atoms with Gasteiger partial charge in [0.25, 0.3) is 0 Å². The smallest absolute Gasteiger partial charge is 0.188 e. The Morgan fingerprint density at radius 3 is 2.47 bits per heavy atom. The Hall–Kier alpha value is -2.14. The largest absolute Gasteiger partial charge is 0.265 e. The molecule has 3 aromatic rings. The summed E-state index contributed by atoms with van der Waals surface area (Å²) >= 11 is 1.54. The van der Waals surface area contributed by atoms with Crippen molar-refractivity contribution in [2.75, 3.05) is 0 Å². The van der Waals surface area contributed by atoms with Gasteiger partial charge < -0.3 is 0 Å². The lowest BCUT2D eigenvalue weighted by molar-refractivity contribution is 1.16. The summed E-state index contributed by atoms with van der Waals surface area (Å²) in [5, 5.41) is 2.83. The number of rotatable bonds is 2. The Balaban J connectivity index is 1.99. The zero-order valence-corrected chi connectivity index (χ0v) is 9.63. The molecule has 3 aromatic heterocycles. The monoisotopic (exact) mass is 240 g/mol. The van der Waals surface area contributed by atoms with Crippen LogP contribution >= 0.6 is 11.3 Å². The third-order valence-corrected chi connectivity index (χ3v) is 3.08. The molecule has 0 unspecified atom stereocenters. The molecule has 0 aliphatic rings. The van der Waals surface area contributed by atoms with Crippen molar-refractivity contribution in [1.29, 1.82) is 0 Å². The van der Waals surface area contributed by atoms with Crippen molar-refractivity contribution >= 4 is 11.3 Å². The highest BCUT2D eigenvalue weighted by molar-refractivity contribution is 7.13. The van der Waals surface area contributed by atoms with E-state index in [0.717, 1.165) is 16.3 Å². The maximum Gasteiger partial charge on any atom is 0.188 e. The van der Waals surface area contributed by atoms with Crippen LogP contribution in [0.2, 0.25) is 0 Å². The Bertz CT molecular complexity index is 553. The van der Waals surface area contributed by atoms with Gasteiger partial charge in [-0.05, 0) is 18.2 Å². The van der Waals surface area contributed by atoms with E-state index in [1.165, 1.54) is 0 Å². The topological polar surface area (TPSA) is 51.6 Å². The molecule has 0 aliphatic carbocycles. The van der Waals surface area contributed by atoms with Crippen LogP contribution in [0.25, 0.3) is 22.1 Å². The van der Waals surface area contributed by atoms with Crippen LogP contribution in [-0.2, 0) is 0 Å². The highest BCUT2D eigenvalue weighted by Crippen LogP contribution is 2.25. The van der Waals surface area contributed by atoms with E-state index < -0.39 is 0 Å². The van der Waals surface area contributed by atoms with Gasteiger partial charge in [0.15, 0.2) is 10.8 Å². The molecule has 82 valence electrons. The van der Waals surface area contributed by atoms with Crippen LogP contribution in [-0.4, -0.2) is 19.9 Å². The van der Waals surface area contributed by atoms with Crippen LogP contribution in [0.1, 0.15) is 0 Å². The van der Waals surface area contributed by atoms with Crippen molar-refractivity contribution in [2.24, 2.45) is 0 Å². The van der Waals surface area contributed by atoms with Gasteiger partial charge in [-0.1, -0.05) is 0 Å². The molecule has 17 heavy (non-hydrogen) atoms. The van der Waals surface area contributed by atoms with Gasteiger partial charge in [0.1, 0.15) is 0 Å². The van der Waals surface area contributed by atoms with Gasteiger partial charge in [-0.2, -0.15) is 0 Å². The first-order chi connectivity index (χ1) is 8.43. The van der Waals surface area contributed by atoms with Crippen LogP contribution in [0.3, 0.4) is 0 Å². The molecule has 5 heteroatoms. The summed E-state index contributed by atoms with van der Waals surface area (Å²) < 4.78 is 0. The van der Waals surface area contributed by atoms with Gasteiger partial charge in [-0.3, -0.25) is 4.98 Å². The summed E-state index contributed by atoms with van der Waals surface area (Å²) in [4.78, 5) is 16.9. The summed E-state index contributed by atoms with van der Waals surface area (Å²) in [6, 6.07) is 5.66. The number of hydrogen-bond acceptors (Lipinski definition) is 5. The minimum atomic E-state index is 0.665. The Morgan fingerprint density at radius 1 is 0.941 bits per heavy atom. The molecule has 0 saturated carbocycles. The Kier molecular flexibility index (Phi) is 2.59. The molecule has 0 atom stereocenters. The predicted molar refractivity (Wildman–Crippen MR) is 66.4 cm³/mol. The molecule has 4 nitrogen and oxygen atoms in total. The summed E-state index contributed by atoms with van der Waals surface area (Å²) in [5.41, 5.74) is 1.98. The molecule has 0 radical (unpaired) electrons. The predicted octanol–water partition coefficient (Wildman–Crippen LogP) is 2.66. The molecule has 3 rings (SSSR count). The van der Waals surface area contributed by atoms with E-state index in [9.17, 15) is 0 Å².